The van der Waals surface area contributed by atoms with Gasteiger partial charge in [-0.3, -0.25) is 9.69 Å². The molecule has 0 amide bonds. The summed E-state index contributed by atoms with van der Waals surface area (Å²) in [6.07, 6.45) is 1.34. The SMILES string of the molecule is CCOC(=O)CCCN1CCN(c2cccc(Cl)c2Cl)CC1. The van der Waals surface area contributed by atoms with E-state index in [1.165, 1.54) is 0 Å². The highest BCUT2D eigenvalue weighted by Crippen LogP contribution is 2.32. The number of carbonyl (C=O) groups is 1. The lowest BCUT2D eigenvalue weighted by atomic mass is 10.2. The van der Waals surface area contributed by atoms with Gasteiger partial charge in [0.1, 0.15) is 0 Å². The molecule has 0 atom stereocenters. The Morgan fingerprint density at radius 1 is 1.23 bits per heavy atom. The average molecular weight is 345 g/mol. The molecule has 0 aliphatic carbocycles. The molecule has 4 nitrogen and oxygen atoms in total. The number of benzene rings is 1. The molecule has 22 heavy (non-hydrogen) atoms. The Balaban J connectivity index is 1.76. The first kappa shape index (κ1) is 17.4. The van der Waals surface area contributed by atoms with Crippen LogP contribution in [0.1, 0.15) is 19.8 Å². The van der Waals surface area contributed by atoms with Crippen LogP contribution in [0, 0.1) is 0 Å². The van der Waals surface area contributed by atoms with Crippen LogP contribution in [-0.4, -0.2) is 50.2 Å². The number of esters is 1. The Morgan fingerprint density at radius 3 is 2.64 bits per heavy atom. The van der Waals surface area contributed by atoms with Crippen molar-refractivity contribution in [2.75, 3.05) is 44.2 Å². The molecule has 1 fully saturated rings. The molecule has 1 saturated heterocycles. The van der Waals surface area contributed by atoms with Crippen molar-refractivity contribution >= 4 is 34.9 Å². The van der Waals surface area contributed by atoms with E-state index in [4.69, 9.17) is 27.9 Å². The fraction of sp³-hybridized carbons (Fsp3) is 0.562. The first-order chi connectivity index (χ1) is 10.6. The maximum Gasteiger partial charge on any atom is 0.305 e. The Bertz CT molecular complexity index is 503. The van der Waals surface area contributed by atoms with Gasteiger partial charge in [-0.2, -0.15) is 0 Å². The smallest absolute Gasteiger partial charge is 0.305 e. The van der Waals surface area contributed by atoms with Crippen molar-refractivity contribution in [2.24, 2.45) is 0 Å². The Labute approximate surface area is 141 Å². The highest BCUT2D eigenvalue weighted by atomic mass is 35.5. The predicted octanol–water partition coefficient (Wildman–Crippen LogP) is 3.46. The molecule has 122 valence electrons. The molecule has 0 saturated carbocycles. The number of ether oxygens (including phenoxy) is 1. The first-order valence-corrected chi connectivity index (χ1v) is 8.44. The summed E-state index contributed by atoms with van der Waals surface area (Å²) in [5, 5.41) is 1.22. The van der Waals surface area contributed by atoms with Gasteiger partial charge in [0.05, 0.1) is 22.3 Å². The number of hydrogen-bond donors (Lipinski definition) is 0. The topological polar surface area (TPSA) is 32.8 Å². The minimum Gasteiger partial charge on any atom is -0.466 e. The zero-order valence-corrected chi connectivity index (χ0v) is 14.4. The Hall–Kier alpha value is -0.970. The van der Waals surface area contributed by atoms with Crippen LogP contribution in [0.3, 0.4) is 0 Å². The van der Waals surface area contributed by atoms with Crippen LogP contribution in [-0.2, 0) is 9.53 Å². The van der Waals surface area contributed by atoms with Crippen molar-refractivity contribution < 1.29 is 9.53 Å². The van der Waals surface area contributed by atoms with E-state index in [1.54, 1.807) is 6.07 Å². The standard InChI is InChI=1S/C16H22Cl2N2O2/c1-2-22-15(21)7-4-8-19-9-11-20(12-10-19)14-6-3-5-13(17)16(14)18/h3,5-6H,2,4,7-12H2,1H3. The van der Waals surface area contributed by atoms with Gasteiger partial charge in [0.2, 0.25) is 0 Å². The van der Waals surface area contributed by atoms with E-state index in [2.05, 4.69) is 9.80 Å². The lowest BCUT2D eigenvalue weighted by Gasteiger charge is -2.36. The normalized spacial score (nSPS) is 15.9. The molecule has 6 heteroatoms. The molecule has 1 aliphatic heterocycles. The number of carbonyl (C=O) groups excluding carboxylic acids is 1. The third-order valence-corrected chi connectivity index (χ3v) is 4.61. The van der Waals surface area contributed by atoms with Crippen LogP contribution in [0.5, 0.6) is 0 Å². The molecule has 0 N–H and O–H groups in total. The number of hydrogen-bond acceptors (Lipinski definition) is 4. The summed E-state index contributed by atoms with van der Waals surface area (Å²) in [4.78, 5) is 15.9. The Morgan fingerprint density at radius 2 is 1.95 bits per heavy atom. The van der Waals surface area contributed by atoms with Crippen LogP contribution in [0.25, 0.3) is 0 Å². The van der Waals surface area contributed by atoms with Gasteiger partial charge in [0, 0.05) is 32.6 Å². The van der Waals surface area contributed by atoms with Crippen molar-refractivity contribution in [1.29, 1.82) is 0 Å². The van der Waals surface area contributed by atoms with E-state index in [1.807, 2.05) is 19.1 Å². The summed E-state index contributed by atoms with van der Waals surface area (Å²) >= 11 is 12.3. The molecule has 0 unspecified atom stereocenters. The molecule has 1 aromatic carbocycles. The average Bonchev–Trinajstić information content (AvgIpc) is 2.51. The summed E-state index contributed by atoms with van der Waals surface area (Å²) in [6, 6.07) is 5.74. The van der Waals surface area contributed by atoms with Crippen molar-refractivity contribution in [3.63, 3.8) is 0 Å². The van der Waals surface area contributed by atoms with Crippen molar-refractivity contribution in [2.45, 2.75) is 19.8 Å². The summed E-state index contributed by atoms with van der Waals surface area (Å²) in [7, 11) is 0. The first-order valence-electron chi connectivity index (χ1n) is 7.68. The molecule has 2 rings (SSSR count). The molecule has 0 bridgehead atoms. The maximum atomic E-state index is 11.3. The second-order valence-electron chi connectivity index (χ2n) is 5.31. The lowest BCUT2D eigenvalue weighted by molar-refractivity contribution is -0.143. The highest BCUT2D eigenvalue weighted by molar-refractivity contribution is 6.43. The molecule has 1 aromatic rings. The summed E-state index contributed by atoms with van der Waals surface area (Å²) in [5.41, 5.74) is 1.00. The van der Waals surface area contributed by atoms with Gasteiger partial charge in [0.15, 0.2) is 0 Å². The number of nitrogens with zero attached hydrogens (tertiary/aromatic N) is 2. The van der Waals surface area contributed by atoms with Crippen molar-refractivity contribution in [3.8, 4) is 0 Å². The molecule has 1 heterocycles. The van der Waals surface area contributed by atoms with Crippen LogP contribution in [0.2, 0.25) is 10.0 Å². The number of piperazine rings is 1. The molecular weight excluding hydrogens is 323 g/mol. The van der Waals surface area contributed by atoms with Gasteiger partial charge in [0.25, 0.3) is 0 Å². The third-order valence-electron chi connectivity index (χ3n) is 3.80. The third kappa shape index (κ3) is 4.77. The van der Waals surface area contributed by atoms with Gasteiger partial charge in [-0.25, -0.2) is 0 Å². The second-order valence-corrected chi connectivity index (χ2v) is 6.10. The number of halogens is 2. The van der Waals surface area contributed by atoms with E-state index in [0.717, 1.165) is 44.8 Å². The fourth-order valence-corrected chi connectivity index (χ4v) is 3.04. The predicted molar refractivity (Wildman–Crippen MR) is 91.0 cm³/mol. The van der Waals surface area contributed by atoms with Crippen LogP contribution < -0.4 is 4.90 Å². The Kier molecular flexibility index (Phi) is 6.80. The van der Waals surface area contributed by atoms with Gasteiger partial charge < -0.3 is 9.64 Å². The van der Waals surface area contributed by atoms with Gasteiger partial charge in [-0.15, -0.1) is 0 Å². The van der Waals surface area contributed by atoms with Gasteiger partial charge in [-0.1, -0.05) is 29.3 Å². The molecule has 1 aliphatic rings. The van der Waals surface area contributed by atoms with Gasteiger partial charge >= 0.3 is 5.97 Å². The van der Waals surface area contributed by atoms with E-state index >= 15 is 0 Å². The molecule has 0 spiro atoms. The lowest BCUT2D eigenvalue weighted by Crippen LogP contribution is -2.46. The minimum absolute atomic E-state index is 0.105. The molecule has 0 aromatic heterocycles. The zero-order valence-electron chi connectivity index (χ0n) is 12.9. The molecular formula is C16H22Cl2N2O2. The van der Waals surface area contributed by atoms with Crippen LogP contribution >= 0.6 is 23.2 Å². The van der Waals surface area contributed by atoms with Crippen molar-refractivity contribution in [3.05, 3.63) is 28.2 Å². The zero-order chi connectivity index (χ0) is 15.9. The van der Waals surface area contributed by atoms with E-state index in [9.17, 15) is 4.79 Å². The van der Waals surface area contributed by atoms with E-state index in [-0.39, 0.29) is 5.97 Å². The minimum atomic E-state index is -0.105. The largest absolute Gasteiger partial charge is 0.466 e. The number of anilines is 1. The van der Waals surface area contributed by atoms with Gasteiger partial charge in [-0.05, 0) is 32.0 Å². The summed E-state index contributed by atoms with van der Waals surface area (Å²) in [5.74, 6) is -0.105. The summed E-state index contributed by atoms with van der Waals surface area (Å²) < 4.78 is 4.94. The maximum absolute atomic E-state index is 11.3. The number of rotatable bonds is 6. The van der Waals surface area contributed by atoms with Crippen LogP contribution in [0.4, 0.5) is 5.69 Å². The van der Waals surface area contributed by atoms with Crippen molar-refractivity contribution in [1.82, 2.24) is 4.90 Å². The van der Waals surface area contributed by atoms with E-state index < -0.39 is 0 Å². The summed E-state index contributed by atoms with van der Waals surface area (Å²) in [6.45, 7) is 6.97. The van der Waals surface area contributed by atoms with Crippen LogP contribution in [0.15, 0.2) is 18.2 Å². The monoisotopic (exact) mass is 344 g/mol. The van der Waals surface area contributed by atoms with E-state index in [0.29, 0.717) is 23.1 Å². The highest BCUT2D eigenvalue weighted by Gasteiger charge is 2.19. The fourth-order valence-electron chi connectivity index (χ4n) is 2.63. The quantitative estimate of drug-likeness (QED) is 0.740. The molecule has 0 radical (unpaired) electrons. The second kappa shape index (κ2) is 8.61.